The summed E-state index contributed by atoms with van der Waals surface area (Å²) in [6, 6.07) is 16.2. The maximum absolute atomic E-state index is 6.14. The van der Waals surface area contributed by atoms with Crippen LogP contribution in [0.2, 0.25) is 0 Å². The van der Waals surface area contributed by atoms with E-state index in [4.69, 9.17) is 16.5 Å². The van der Waals surface area contributed by atoms with E-state index in [-0.39, 0.29) is 0 Å². The normalized spacial score (nSPS) is 11.1. The molecule has 1 aromatic heterocycles. The van der Waals surface area contributed by atoms with Crippen LogP contribution >= 0.6 is 11.3 Å². The van der Waals surface area contributed by atoms with Gasteiger partial charge >= 0.3 is 0 Å². The highest BCUT2D eigenvalue weighted by molar-refractivity contribution is 7.22. The molecule has 3 aromatic carbocycles. The van der Waals surface area contributed by atoms with Crippen LogP contribution in [-0.4, -0.2) is 4.98 Å². The summed E-state index contributed by atoms with van der Waals surface area (Å²) < 4.78 is 1.14. The minimum Gasteiger partial charge on any atom is -0.399 e. The van der Waals surface area contributed by atoms with Gasteiger partial charge < -0.3 is 16.8 Å². The number of rotatable bonds is 3. The Bertz CT molecular complexity index is 1120. The second-order valence-electron chi connectivity index (χ2n) is 6.87. The van der Waals surface area contributed by atoms with Crippen molar-refractivity contribution in [2.24, 2.45) is 0 Å². The molecule has 0 aliphatic carbocycles. The first-order valence-electron chi connectivity index (χ1n) is 8.83. The van der Waals surface area contributed by atoms with E-state index in [1.54, 1.807) is 11.3 Å². The van der Waals surface area contributed by atoms with Crippen molar-refractivity contribution < 1.29 is 0 Å². The maximum atomic E-state index is 6.14. The largest absolute Gasteiger partial charge is 0.399 e. The highest BCUT2D eigenvalue weighted by Crippen LogP contribution is 2.38. The molecule has 0 unspecified atom stereocenters. The van der Waals surface area contributed by atoms with Gasteiger partial charge in [-0.3, -0.25) is 0 Å². The monoisotopic (exact) mass is 374 g/mol. The fourth-order valence-electron chi connectivity index (χ4n) is 3.59. The number of aryl methyl sites for hydroxylation is 3. The summed E-state index contributed by atoms with van der Waals surface area (Å²) >= 11 is 1.63. The van der Waals surface area contributed by atoms with Crippen molar-refractivity contribution in [3.8, 4) is 11.1 Å². The number of aromatic nitrogens is 1. The number of benzene rings is 3. The van der Waals surface area contributed by atoms with Gasteiger partial charge in [-0.2, -0.15) is 0 Å². The Morgan fingerprint density at radius 2 is 1.59 bits per heavy atom. The zero-order chi connectivity index (χ0) is 19.1. The summed E-state index contributed by atoms with van der Waals surface area (Å²) in [5.41, 5.74) is 21.3. The van der Waals surface area contributed by atoms with Gasteiger partial charge in [-0.1, -0.05) is 35.6 Å². The number of hydrogen-bond acceptors (Lipinski definition) is 5. The van der Waals surface area contributed by atoms with E-state index in [1.165, 1.54) is 5.56 Å². The molecule has 0 fully saturated rings. The molecule has 0 bridgehead atoms. The second kappa shape index (κ2) is 6.59. The maximum Gasteiger partial charge on any atom is 0.188 e. The topological polar surface area (TPSA) is 77.0 Å². The van der Waals surface area contributed by atoms with Crippen molar-refractivity contribution in [1.29, 1.82) is 0 Å². The molecule has 5 heteroatoms. The molecule has 0 aliphatic rings. The third-order valence-electron chi connectivity index (χ3n) is 4.78. The summed E-state index contributed by atoms with van der Waals surface area (Å²) in [5.74, 6) is 0. The van der Waals surface area contributed by atoms with Crippen molar-refractivity contribution in [3.05, 3.63) is 65.2 Å². The summed E-state index contributed by atoms with van der Waals surface area (Å²) in [6.45, 7) is 6.23. The highest BCUT2D eigenvalue weighted by Gasteiger charge is 2.15. The van der Waals surface area contributed by atoms with Crippen molar-refractivity contribution in [3.63, 3.8) is 0 Å². The molecule has 0 saturated carbocycles. The number of nitrogen functional groups attached to an aromatic ring is 2. The minimum absolute atomic E-state index is 0.722. The number of anilines is 4. The Kier molecular flexibility index (Phi) is 4.24. The van der Waals surface area contributed by atoms with E-state index in [2.05, 4.69) is 37.4 Å². The Balaban J connectivity index is 1.84. The quantitative estimate of drug-likeness (QED) is 0.396. The Morgan fingerprint density at radius 1 is 0.889 bits per heavy atom. The van der Waals surface area contributed by atoms with E-state index in [1.807, 2.05) is 37.3 Å². The fraction of sp³-hybridized carbons (Fsp3) is 0.136. The second-order valence-corrected chi connectivity index (χ2v) is 7.90. The van der Waals surface area contributed by atoms with Gasteiger partial charge in [-0.05, 0) is 67.3 Å². The Morgan fingerprint density at radius 3 is 2.30 bits per heavy atom. The van der Waals surface area contributed by atoms with Crippen LogP contribution in [0.25, 0.3) is 21.3 Å². The molecular weight excluding hydrogens is 352 g/mol. The van der Waals surface area contributed by atoms with Crippen LogP contribution in [0.3, 0.4) is 0 Å². The van der Waals surface area contributed by atoms with E-state index >= 15 is 0 Å². The van der Waals surface area contributed by atoms with Crippen LogP contribution in [-0.2, 0) is 0 Å². The number of nitrogens with one attached hydrogen (secondary N) is 1. The van der Waals surface area contributed by atoms with E-state index < -0.39 is 0 Å². The minimum atomic E-state index is 0.722. The molecule has 5 N–H and O–H groups in total. The van der Waals surface area contributed by atoms with Gasteiger partial charge in [0.2, 0.25) is 0 Å². The third kappa shape index (κ3) is 3.11. The van der Waals surface area contributed by atoms with Crippen LogP contribution in [0.5, 0.6) is 0 Å². The smallest absolute Gasteiger partial charge is 0.188 e. The average molecular weight is 375 g/mol. The predicted octanol–water partition coefficient (Wildman–Crippen LogP) is 5.80. The van der Waals surface area contributed by atoms with Crippen LogP contribution < -0.4 is 16.8 Å². The summed E-state index contributed by atoms with van der Waals surface area (Å²) in [5, 5.41) is 4.25. The predicted molar refractivity (Wildman–Crippen MR) is 118 cm³/mol. The lowest BCUT2D eigenvalue weighted by Gasteiger charge is -2.12. The SMILES string of the molecule is Cc1cccc(N)c1Nc1nc2c(-c3c(C)cc(N)cc3C)cccc2s1. The molecule has 0 spiro atoms. The van der Waals surface area contributed by atoms with Crippen LogP contribution in [0.1, 0.15) is 16.7 Å². The number of thiazole rings is 1. The Hall–Kier alpha value is -3.05. The average Bonchev–Trinajstić information content (AvgIpc) is 3.01. The number of nitrogens with two attached hydrogens (primary N) is 2. The van der Waals surface area contributed by atoms with Crippen LogP contribution in [0.4, 0.5) is 22.2 Å². The number of hydrogen-bond donors (Lipinski definition) is 3. The number of nitrogens with zero attached hydrogens (tertiary/aromatic N) is 1. The molecule has 4 rings (SSSR count). The van der Waals surface area contributed by atoms with Gasteiger partial charge in [0.15, 0.2) is 5.13 Å². The van der Waals surface area contributed by atoms with Crippen LogP contribution in [0.15, 0.2) is 48.5 Å². The molecule has 27 heavy (non-hydrogen) atoms. The van der Waals surface area contributed by atoms with E-state index in [9.17, 15) is 0 Å². The summed E-state index contributed by atoms with van der Waals surface area (Å²) in [7, 11) is 0. The molecule has 0 atom stereocenters. The molecule has 0 radical (unpaired) electrons. The molecule has 4 aromatic rings. The van der Waals surface area contributed by atoms with Gasteiger partial charge in [0.25, 0.3) is 0 Å². The Labute approximate surface area is 162 Å². The lowest BCUT2D eigenvalue weighted by Crippen LogP contribution is -1.98. The van der Waals surface area contributed by atoms with Gasteiger partial charge in [0, 0.05) is 11.3 Å². The zero-order valence-corrected chi connectivity index (χ0v) is 16.4. The van der Waals surface area contributed by atoms with Gasteiger partial charge in [-0.15, -0.1) is 0 Å². The fourth-order valence-corrected chi connectivity index (χ4v) is 4.49. The summed E-state index contributed by atoms with van der Waals surface area (Å²) in [4.78, 5) is 4.89. The lowest BCUT2D eigenvalue weighted by atomic mass is 9.94. The standard InChI is InChI=1S/C22H22N4S/c1-12-6-4-8-17(24)20(12)25-22-26-21-16(7-5-9-18(21)27-22)19-13(2)10-15(23)11-14(19)3/h4-11H,23-24H2,1-3H3,(H,25,26). The first-order valence-corrected chi connectivity index (χ1v) is 9.64. The van der Waals surface area contributed by atoms with Gasteiger partial charge in [0.05, 0.1) is 21.6 Å². The van der Waals surface area contributed by atoms with Crippen molar-refractivity contribution in [2.75, 3.05) is 16.8 Å². The van der Waals surface area contributed by atoms with Gasteiger partial charge in [0.1, 0.15) is 0 Å². The molecule has 0 amide bonds. The number of para-hydroxylation sites is 2. The number of fused-ring (bicyclic) bond motifs is 1. The van der Waals surface area contributed by atoms with Crippen molar-refractivity contribution in [2.45, 2.75) is 20.8 Å². The molecule has 1 heterocycles. The zero-order valence-electron chi connectivity index (χ0n) is 15.6. The van der Waals surface area contributed by atoms with Crippen molar-refractivity contribution >= 4 is 43.7 Å². The first kappa shape index (κ1) is 17.4. The molecule has 4 nitrogen and oxygen atoms in total. The van der Waals surface area contributed by atoms with Crippen molar-refractivity contribution in [1.82, 2.24) is 4.98 Å². The first-order chi connectivity index (χ1) is 12.9. The molecule has 0 aliphatic heterocycles. The van der Waals surface area contributed by atoms with E-state index in [0.717, 1.165) is 54.7 Å². The highest BCUT2D eigenvalue weighted by atomic mass is 32.1. The van der Waals surface area contributed by atoms with E-state index in [0.29, 0.717) is 0 Å². The lowest BCUT2D eigenvalue weighted by molar-refractivity contribution is 1.37. The third-order valence-corrected chi connectivity index (χ3v) is 5.72. The molecule has 0 saturated heterocycles. The summed E-state index contributed by atoms with van der Waals surface area (Å²) in [6.07, 6.45) is 0. The molecule has 136 valence electrons. The molecular formula is C22H22N4S. The van der Waals surface area contributed by atoms with Gasteiger partial charge in [-0.25, -0.2) is 4.98 Å². The van der Waals surface area contributed by atoms with Crippen LogP contribution in [0, 0.1) is 20.8 Å².